The van der Waals surface area contributed by atoms with Crippen molar-refractivity contribution in [1.29, 1.82) is 0 Å². The van der Waals surface area contributed by atoms with Gasteiger partial charge < -0.3 is 5.11 Å². The van der Waals surface area contributed by atoms with E-state index in [4.69, 9.17) is 6.42 Å². The number of benzene rings is 2. The van der Waals surface area contributed by atoms with Gasteiger partial charge in [-0.15, -0.1) is 6.42 Å². The first-order chi connectivity index (χ1) is 11.7. The van der Waals surface area contributed by atoms with Gasteiger partial charge in [-0.1, -0.05) is 5.92 Å². The highest BCUT2D eigenvalue weighted by Gasteiger charge is 2.31. The Hall–Kier alpha value is -3.34. The largest absolute Gasteiger partial charge is 0.507 e. The van der Waals surface area contributed by atoms with E-state index in [1.807, 2.05) is 5.43 Å². The molecule has 0 atom stereocenters. The third-order valence-corrected chi connectivity index (χ3v) is 3.10. The zero-order valence-electron chi connectivity index (χ0n) is 12.4. The van der Waals surface area contributed by atoms with E-state index in [2.05, 4.69) is 11.0 Å². The molecule has 0 saturated carbocycles. The Morgan fingerprint density at radius 2 is 1.96 bits per heavy atom. The van der Waals surface area contributed by atoms with E-state index in [-0.39, 0.29) is 17.4 Å². The predicted octanol–water partition coefficient (Wildman–Crippen LogP) is 3.30. The Morgan fingerprint density at radius 3 is 2.56 bits per heavy atom. The molecule has 4 nitrogen and oxygen atoms in total. The number of halogens is 4. The van der Waals surface area contributed by atoms with E-state index in [0.717, 1.165) is 6.21 Å². The van der Waals surface area contributed by atoms with Gasteiger partial charge in [0.05, 0.1) is 17.3 Å². The second-order valence-electron chi connectivity index (χ2n) is 4.81. The molecule has 0 aliphatic carbocycles. The number of phenols is 1. The third-order valence-electron chi connectivity index (χ3n) is 3.10. The van der Waals surface area contributed by atoms with Crippen LogP contribution < -0.4 is 5.43 Å². The van der Waals surface area contributed by atoms with E-state index in [9.17, 15) is 27.5 Å². The van der Waals surface area contributed by atoms with Crippen molar-refractivity contribution in [3.8, 4) is 18.1 Å². The zero-order chi connectivity index (χ0) is 18.6. The molecule has 0 aromatic heterocycles. The van der Waals surface area contributed by atoms with Gasteiger partial charge in [0.25, 0.3) is 5.91 Å². The molecule has 0 spiro atoms. The lowest BCUT2D eigenvalue weighted by Crippen LogP contribution is -2.19. The molecule has 0 unspecified atom stereocenters. The van der Waals surface area contributed by atoms with Crippen LogP contribution in [0.1, 0.15) is 27.0 Å². The average Bonchev–Trinajstić information content (AvgIpc) is 2.55. The van der Waals surface area contributed by atoms with Crippen molar-refractivity contribution in [2.75, 3.05) is 0 Å². The molecular formula is C17H10F4N2O2. The molecule has 0 bridgehead atoms. The van der Waals surface area contributed by atoms with E-state index < -0.39 is 29.0 Å². The Bertz CT molecular complexity index is 883. The predicted molar refractivity (Wildman–Crippen MR) is 82.5 cm³/mol. The van der Waals surface area contributed by atoms with Crippen LogP contribution in [0.5, 0.6) is 5.75 Å². The standard InChI is InChI=1S/C17H10F4N2O2/c1-2-10-3-6-15(24)11(7-10)9-22-23-16(25)13-5-4-12(8-14(13)18)17(19,20)21/h1,3-9,24H,(H,23,25)/b22-9+. The maximum atomic E-state index is 13.7. The van der Waals surface area contributed by atoms with Crippen molar-refractivity contribution in [2.24, 2.45) is 5.10 Å². The molecule has 128 valence electrons. The molecule has 2 rings (SSSR count). The molecule has 0 saturated heterocycles. The van der Waals surface area contributed by atoms with Gasteiger partial charge in [0, 0.05) is 11.1 Å². The Balaban J connectivity index is 2.14. The van der Waals surface area contributed by atoms with Gasteiger partial charge in [0.2, 0.25) is 0 Å². The van der Waals surface area contributed by atoms with Gasteiger partial charge in [0.15, 0.2) is 0 Å². The summed E-state index contributed by atoms with van der Waals surface area (Å²) >= 11 is 0. The zero-order valence-corrected chi connectivity index (χ0v) is 12.4. The second-order valence-corrected chi connectivity index (χ2v) is 4.81. The summed E-state index contributed by atoms with van der Waals surface area (Å²) in [7, 11) is 0. The minimum atomic E-state index is -4.71. The number of nitrogens with zero attached hydrogens (tertiary/aromatic N) is 1. The molecule has 1 amide bonds. The number of rotatable bonds is 3. The highest BCUT2D eigenvalue weighted by molar-refractivity contribution is 5.95. The summed E-state index contributed by atoms with van der Waals surface area (Å²) in [6.07, 6.45) is 1.56. The number of phenolic OH excluding ortho intramolecular Hbond substituents is 1. The first-order valence-electron chi connectivity index (χ1n) is 6.72. The van der Waals surface area contributed by atoms with Gasteiger partial charge in [-0.05, 0) is 36.4 Å². The number of amides is 1. The number of aromatic hydroxyl groups is 1. The Labute approximate surface area is 139 Å². The third kappa shape index (κ3) is 4.35. The van der Waals surface area contributed by atoms with E-state index >= 15 is 0 Å². The molecule has 0 fully saturated rings. The molecule has 2 N–H and O–H groups in total. The second kappa shape index (κ2) is 7.05. The monoisotopic (exact) mass is 350 g/mol. The number of carbonyl (C=O) groups is 1. The molecule has 0 aliphatic heterocycles. The summed E-state index contributed by atoms with van der Waals surface area (Å²) in [6, 6.07) is 5.75. The lowest BCUT2D eigenvalue weighted by atomic mass is 10.1. The molecule has 2 aromatic rings. The van der Waals surface area contributed by atoms with Crippen LogP contribution in [-0.2, 0) is 6.18 Å². The number of hydrazone groups is 1. The molecule has 0 heterocycles. The van der Waals surface area contributed by atoms with Crippen LogP contribution in [0.15, 0.2) is 41.5 Å². The summed E-state index contributed by atoms with van der Waals surface area (Å²) in [5.74, 6) is -0.192. The lowest BCUT2D eigenvalue weighted by molar-refractivity contribution is -0.137. The topological polar surface area (TPSA) is 61.7 Å². The normalized spacial score (nSPS) is 11.3. The maximum Gasteiger partial charge on any atom is 0.416 e. The van der Waals surface area contributed by atoms with Gasteiger partial charge >= 0.3 is 6.18 Å². The minimum Gasteiger partial charge on any atom is -0.507 e. The van der Waals surface area contributed by atoms with Crippen LogP contribution in [0.25, 0.3) is 0 Å². The smallest absolute Gasteiger partial charge is 0.416 e. The fourth-order valence-electron chi connectivity index (χ4n) is 1.84. The van der Waals surface area contributed by atoms with Crippen LogP contribution in [0.4, 0.5) is 17.6 Å². The SMILES string of the molecule is C#Cc1ccc(O)c(/C=N/NC(=O)c2ccc(C(F)(F)F)cc2F)c1. The van der Waals surface area contributed by atoms with E-state index in [0.29, 0.717) is 17.7 Å². The first kappa shape index (κ1) is 18.0. The summed E-state index contributed by atoms with van der Waals surface area (Å²) in [6.45, 7) is 0. The number of nitrogens with one attached hydrogen (secondary N) is 1. The number of hydrogen-bond acceptors (Lipinski definition) is 3. The van der Waals surface area contributed by atoms with Crippen LogP contribution in [-0.4, -0.2) is 17.2 Å². The molecular weight excluding hydrogens is 340 g/mol. The van der Waals surface area contributed by atoms with Gasteiger partial charge in [0.1, 0.15) is 11.6 Å². The van der Waals surface area contributed by atoms with Crippen molar-refractivity contribution >= 4 is 12.1 Å². The number of carbonyl (C=O) groups excluding carboxylic acids is 1. The summed E-state index contributed by atoms with van der Waals surface area (Å²) in [4.78, 5) is 11.8. The fourth-order valence-corrected chi connectivity index (χ4v) is 1.84. The van der Waals surface area contributed by atoms with E-state index in [1.165, 1.54) is 18.2 Å². The quantitative estimate of drug-likeness (QED) is 0.386. The number of terminal acetylenes is 1. The Kier molecular flexibility index (Phi) is 5.08. The Morgan fingerprint density at radius 1 is 1.24 bits per heavy atom. The lowest BCUT2D eigenvalue weighted by Gasteiger charge is -2.08. The van der Waals surface area contributed by atoms with Gasteiger partial charge in [-0.2, -0.15) is 18.3 Å². The average molecular weight is 350 g/mol. The van der Waals surface area contributed by atoms with Crippen LogP contribution >= 0.6 is 0 Å². The van der Waals surface area contributed by atoms with Crippen LogP contribution in [0, 0.1) is 18.2 Å². The highest BCUT2D eigenvalue weighted by atomic mass is 19.4. The summed E-state index contributed by atoms with van der Waals surface area (Å²) in [5.41, 5.74) is 0.801. The molecule has 0 aliphatic rings. The number of alkyl halides is 3. The number of hydrogen-bond donors (Lipinski definition) is 2. The van der Waals surface area contributed by atoms with Crippen molar-refractivity contribution < 1.29 is 27.5 Å². The van der Waals surface area contributed by atoms with Gasteiger partial charge in [-0.3, -0.25) is 4.79 Å². The summed E-state index contributed by atoms with van der Waals surface area (Å²) < 4.78 is 51.1. The van der Waals surface area contributed by atoms with Gasteiger partial charge in [-0.25, -0.2) is 9.82 Å². The highest BCUT2D eigenvalue weighted by Crippen LogP contribution is 2.30. The van der Waals surface area contributed by atoms with Crippen molar-refractivity contribution in [3.63, 3.8) is 0 Å². The fraction of sp³-hybridized carbons (Fsp3) is 0.0588. The van der Waals surface area contributed by atoms with E-state index in [1.54, 1.807) is 0 Å². The molecule has 8 heteroatoms. The minimum absolute atomic E-state index is 0.155. The van der Waals surface area contributed by atoms with Crippen LogP contribution in [0.3, 0.4) is 0 Å². The van der Waals surface area contributed by atoms with Crippen molar-refractivity contribution in [3.05, 3.63) is 64.5 Å². The maximum absolute atomic E-state index is 13.7. The van der Waals surface area contributed by atoms with Crippen molar-refractivity contribution in [1.82, 2.24) is 5.43 Å². The summed E-state index contributed by atoms with van der Waals surface area (Å²) in [5, 5.41) is 13.1. The first-order valence-corrected chi connectivity index (χ1v) is 6.72. The molecule has 0 radical (unpaired) electrons. The van der Waals surface area contributed by atoms with Crippen molar-refractivity contribution in [2.45, 2.75) is 6.18 Å². The van der Waals surface area contributed by atoms with Crippen LogP contribution in [0.2, 0.25) is 0 Å². The molecule has 2 aromatic carbocycles. The molecule has 25 heavy (non-hydrogen) atoms.